The van der Waals surface area contributed by atoms with Gasteiger partial charge in [-0.25, -0.2) is 0 Å². The molecule has 1 saturated heterocycles. The Hall–Kier alpha value is -2.44. The quantitative estimate of drug-likeness (QED) is 0.522. The van der Waals surface area contributed by atoms with Crippen molar-refractivity contribution in [3.05, 3.63) is 54.1 Å². The first-order valence-corrected chi connectivity index (χ1v) is 10.7. The van der Waals surface area contributed by atoms with Crippen LogP contribution in [0.2, 0.25) is 0 Å². The van der Waals surface area contributed by atoms with Crippen LogP contribution < -0.4 is 14.4 Å². The van der Waals surface area contributed by atoms with E-state index < -0.39 is 5.97 Å². The Morgan fingerprint density at radius 3 is 2.39 bits per heavy atom. The summed E-state index contributed by atoms with van der Waals surface area (Å²) < 4.78 is 11.4. The van der Waals surface area contributed by atoms with Crippen LogP contribution in [0.3, 0.4) is 0 Å². The van der Waals surface area contributed by atoms with E-state index >= 15 is 0 Å². The highest BCUT2D eigenvalue weighted by Gasteiger charge is 2.19. The maximum absolute atomic E-state index is 10.5. The number of nitrogens with zero attached hydrogens (tertiary/aromatic N) is 2. The van der Waals surface area contributed by atoms with Crippen molar-refractivity contribution in [1.29, 1.82) is 0 Å². The van der Waals surface area contributed by atoms with Gasteiger partial charge in [-0.05, 0) is 49.1 Å². The van der Waals surface area contributed by atoms with Gasteiger partial charge in [0.2, 0.25) is 0 Å². The lowest BCUT2D eigenvalue weighted by molar-refractivity contribution is -0.137. The van der Waals surface area contributed by atoms with Gasteiger partial charge >= 0.3 is 5.97 Å². The van der Waals surface area contributed by atoms with Gasteiger partial charge in [0, 0.05) is 39.1 Å². The number of piperazine rings is 1. The van der Waals surface area contributed by atoms with Gasteiger partial charge in [0.15, 0.2) is 0 Å². The smallest absolute Gasteiger partial charge is 0.303 e. The molecule has 31 heavy (non-hydrogen) atoms. The van der Waals surface area contributed by atoms with E-state index in [1.54, 1.807) is 7.11 Å². The Balaban J connectivity index is 0.00000341. The number of ether oxygens (including phenoxy) is 2. The third kappa shape index (κ3) is 7.96. The number of aryl methyl sites for hydroxylation is 1. The number of benzene rings is 2. The van der Waals surface area contributed by atoms with Crippen molar-refractivity contribution < 1.29 is 19.4 Å². The number of para-hydroxylation sites is 2. The van der Waals surface area contributed by atoms with Crippen LogP contribution >= 0.6 is 12.4 Å². The van der Waals surface area contributed by atoms with Crippen molar-refractivity contribution in [2.45, 2.75) is 25.7 Å². The lowest BCUT2D eigenvalue weighted by atomic mass is 10.1. The van der Waals surface area contributed by atoms with Gasteiger partial charge in [-0.2, -0.15) is 0 Å². The summed E-state index contributed by atoms with van der Waals surface area (Å²) in [5.41, 5.74) is 2.39. The molecular formula is C24H33ClN2O4. The first-order valence-electron chi connectivity index (χ1n) is 10.7. The number of carboxylic acids is 1. The van der Waals surface area contributed by atoms with Gasteiger partial charge in [0.1, 0.15) is 18.1 Å². The third-order valence-electron chi connectivity index (χ3n) is 5.50. The highest BCUT2D eigenvalue weighted by atomic mass is 35.5. The number of aliphatic carboxylic acids is 1. The number of hydrogen-bond acceptors (Lipinski definition) is 5. The average Bonchev–Trinajstić information content (AvgIpc) is 2.78. The summed E-state index contributed by atoms with van der Waals surface area (Å²) in [7, 11) is 1.72. The van der Waals surface area contributed by atoms with Crippen molar-refractivity contribution in [1.82, 2.24) is 4.90 Å². The van der Waals surface area contributed by atoms with Crippen molar-refractivity contribution >= 4 is 24.1 Å². The summed E-state index contributed by atoms with van der Waals surface area (Å²) in [6.45, 7) is 5.57. The third-order valence-corrected chi connectivity index (χ3v) is 5.50. The summed E-state index contributed by atoms with van der Waals surface area (Å²) in [6, 6.07) is 16.3. The molecule has 7 heteroatoms. The van der Waals surface area contributed by atoms with Gasteiger partial charge in [-0.1, -0.05) is 24.3 Å². The molecule has 1 aliphatic heterocycles. The fraction of sp³-hybridized carbons (Fsp3) is 0.458. The number of carboxylic acid groups (broad SMARTS) is 1. The minimum atomic E-state index is -0.722. The standard InChI is InChI=1S/C24H32N2O4.ClH/c1-29-23-8-4-3-7-22(23)26-16-14-25(15-17-26)18-19-30-21-12-10-20(11-13-21)6-2-5-9-24(27)28;/h3-4,7-8,10-13H,2,5-6,9,14-19H2,1H3,(H,27,28);1H. The zero-order chi connectivity index (χ0) is 21.2. The molecule has 0 aromatic heterocycles. The van der Waals surface area contributed by atoms with E-state index in [1.807, 2.05) is 24.3 Å². The van der Waals surface area contributed by atoms with Gasteiger partial charge in [-0.15, -0.1) is 12.4 Å². The summed E-state index contributed by atoms with van der Waals surface area (Å²) in [5.74, 6) is 1.09. The first-order chi connectivity index (χ1) is 14.7. The maximum Gasteiger partial charge on any atom is 0.303 e. The maximum atomic E-state index is 10.5. The van der Waals surface area contributed by atoms with Crippen molar-refractivity contribution in [3.63, 3.8) is 0 Å². The SMILES string of the molecule is COc1ccccc1N1CCN(CCOc2ccc(CCCCC(=O)O)cc2)CC1.Cl. The van der Waals surface area contributed by atoms with Gasteiger partial charge in [-0.3, -0.25) is 9.69 Å². The molecular weight excluding hydrogens is 416 g/mol. The van der Waals surface area contributed by atoms with Crippen LogP contribution in [0.1, 0.15) is 24.8 Å². The molecule has 1 aliphatic rings. The highest BCUT2D eigenvalue weighted by molar-refractivity contribution is 5.85. The Kier molecular flexibility index (Phi) is 10.5. The second-order valence-corrected chi connectivity index (χ2v) is 7.59. The number of rotatable bonds is 11. The molecule has 0 unspecified atom stereocenters. The molecule has 0 radical (unpaired) electrons. The Labute approximate surface area is 191 Å². The number of methoxy groups -OCH3 is 1. The van der Waals surface area contributed by atoms with E-state index in [0.29, 0.717) is 6.61 Å². The van der Waals surface area contributed by atoms with Crippen molar-refractivity contribution in [2.24, 2.45) is 0 Å². The highest BCUT2D eigenvalue weighted by Crippen LogP contribution is 2.28. The zero-order valence-corrected chi connectivity index (χ0v) is 19.0. The number of halogens is 1. The minimum absolute atomic E-state index is 0. The molecule has 0 spiro atoms. The molecule has 6 nitrogen and oxygen atoms in total. The van der Waals surface area contributed by atoms with Crippen LogP contribution in [0.25, 0.3) is 0 Å². The number of hydrogen-bond donors (Lipinski definition) is 1. The van der Waals surface area contributed by atoms with Crippen molar-refractivity contribution in [2.75, 3.05) is 51.3 Å². The molecule has 1 heterocycles. The molecule has 0 atom stereocenters. The molecule has 0 aliphatic carbocycles. The largest absolute Gasteiger partial charge is 0.495 e. The molecule has 0 saturated carbocycles. The predicted octanol–water partition coefficient (Wildman–Crippen LogP) is 4.12. The first kappa shape index (κ1) is 24.8. The number of anilines is 1. The van der Waals surface area contributed by atoms with Gasteiger partial charge in [0.25, 0.3) is 0 Å². The average molecular weight is 449 g/mol. The Bertz CT molecular complexity index is 792. The summed E-state index contributed by atoms with van der Waals surface area (Å²) >= 11 is 0. The minimum Gasteiger partial charge on any atom is -0.495 e. The molecule has 1 fully saturated rings. The Morgan fingerprint density at radius 2 is 1.71 bits per heavy atom. The lowest BCUT2D eigenvalue weighted by Gasteiger charge is -2.36. The van der Waals surface area contributed by atoms with E-state index in [9.17, 15) is 4.79 Å². The molecule has 0 bridgehead atoms. The van der Waals surface area contributed by atoms with Crippen molar-refractivity contribution in [3.8, 4) is 11.5 Å². The second kappa shape index (κ2) is 13.1. The van der Waals surface area contributed by atoms with Crippen LogP contribution in [-0.2, 0) is 11.2 Å². The van der Waals surface area contributed by atoms with E-state index in [1.165, 1.54) is 11.3 Å². The predicted molar refractivity (Wildman–Crippen MR) is 126 cm³/mol. The molecule has 2 aromatic carbocycles. The van der Waals surface area contributed by atoms with E-state index in [2.05, 4.69) is 34.1 Å². The zero-order valence-electron chi connectivity index (χ0n) is 18.2. The monoisotopic (exact) mass is 448 g/mol. The lowest BCUT2D eigenvalue weighted by Crippen LogP contribution is -2.47. The second-order valence-electron chi connectivity index (χ2n) is 7.59. The summed E-state index contributed by atoms with van der Waals surface area (Å²) in [6.07, 6.45) is 2.77. The molecule has 2 aromatic rings. The summed E-state index contributed by atoms with van der Waals surface area (Å²) in [5, 5.41) is 8.68. The van der Waals surface area contributed by atoms with Gasteiger partial charge < -0.3 is 19.5 Å². The van der Waals surface area contributed by atoms with Gasteiger partial charge in [0.05, 0.1) is 12.8 Å². The van der Waals surface area contributed by atoms with Crippen LogP contribution in [0.4, 0.5) is 5.69 Å². The molecule has 1 N–H and O–H groups in total. The van der Waals surface area contributed by atoms with E-state index in [0.717, 1.165) is 63.5 Å². The molecule has 170 valence electrons. The fourth-order valence-electron chi connectivity index (χ4n) is 3.75. The van der Waals surface area contributed by atoms with Crippen LogP contribution in [0.15, 0.2) is 48.5 Å². The fourth-order valence-corrected chi connectivity index (χ4v) is 3.75. The Morgan fingerprint density at radius 1 is 1.00 bits per heavy atom. The summed E-state index contributed by atoms with van der Waals surface area (Å²) in [4.78, 5) is 15.4. The van der Waals surface area contributed by atoms with Crippen LogP contribution in [0.5, 0.6) is 11.5 Å². The number of unbranched alkanes of at least 4 members (excludes halogenated alkanes) is 1. The molecule has 3 rings (SSSR count). The molecule has 0 amide bonds. The van der Waals surface area contributed by atoms with Crippen LogP contribution in [-0.4, -0.2) is 62.4 Å². The van der Waals surface area contributed by atoms with Crippen LogP contribution in [0, 0.1) is 0 Å². The topological polar surface area (TPSA) is 62.2 Å². The number of carbonyl (C=O) groups is 1. The normalized spacial score (nSPS) is 14.0. The van der Waals surface area contributed by atoms with E-state index in [4.69, 9.17) is 14.6 Å². The van der Waals surface area contributed by atoms with E-state index in [-0.39, 0.29) is 18.8 Å².